The maximum atomic E-state index is 12.6. The number of carbonyl (C=O) groups excluding carboxylic acids is 2. The Balaban J connectivity index is 1.33. The fourth-order valence-electron chi connectivity index (χ4n) is 4.17. The summed E-state index contributed by atoms with van der Waals surface area (Å²) in [6.07, 6.45) is 0.775. The number of carbonyl (C=O) groups is 2. The Morgan fingerprint density at radius 2 is 0.976 bits per heavy atom. The van der Waals surface area contributed by atoms with Crippen molar-refractivity contribution in [2.24, 2.45) is 0 Å². The summed E-state index contributed by atoms with van der Waals surface area (Å²) in [7, 11) is 3.16. The highest BCUT2D eigenvalue weighted by molar-refractivity contribution is 7.99. The molecule has 8 heteroatoms. The van der Waals surface area contributed by atoms with Gasteiger partial charge in [-0.25, -0.2) is 0 Å². The zero-order chi connectivity index (χ0) is 29.9. The number of amides is 2. The van der Waals surface area contributed by atoms with Crippen LogP contribution in [-0.4, -0.2) is 37.5 Å². The second kappa shape index (κ2) is 15.4. The van der Waals surface area contributed by atoms with Gasteiger partial charge in [0.1, 0.15) is 11.5 Å². The summed E-state index contributed by atoms with van der Waals surface area (Å²) in [4.78, 5) is 27.5. The summed E-state index contributed by atoms with van der Waals surface area (Å²) in [6, 6.07) is 27.9. The van der Waals surface area contributed by atoms with Gasteiger partial charge in [-0.05, 0) is 73.5 Å². The Labute approximate surface area is 256 Å². The van der Waals surface area contributed by atoms with Crippen LogP contribution in [0, 0.1) is 13.8 Å². The summed E-state index contributed by atoms with van der Waals surface area (Å²) in [5, 5.41) is 5.93. The van der Waals surface area contributed by atoms with E-state index in [4.69, 9.17) is 9.47 Å². The molecule has 0 aliphatic carbocycles. The molecule has 0 aromatic heterocycles. The number of methoxy groups -OCH3 is 2. The molecule has 0 spiro atoms. The summed E-state index contributed by atoms with van der Waals surface area (Å²) in [5.41, 5.74) is 5.45. The average Bonchev–Trinajstić information content (AvgIpc) is 2.99. The average molecular weight is 601 g/mol. The van der Waals surface area contributed by atoms with Crippen LogP contribution in [0.4, 0.5) is 11.4 Å². The van der Waals surface area contributed by atoms with Gasteiger partial charge >= 0.3 is 0 Å². The first kappa shape index (κ1) is 31.1. The van der Waals surface area contributed by atoms with Crippen LogP contribution in [0.3, 0.4) is 0 Å². The van der Waals surface area contributed by atoms with Crippen LogP contribution in [0.1, 0.15) is 24.0 Å². The van der Waals surface area contributed by atoms with Gasteiger partial charge in [0.05, 0.1) is 25.6 Å². The number of anilines is 2. The van der Waals surface area contributed by atoms with Crippen molar-refractivity contribution in [3.05, 3.63) is 96.1 Å². The smallest absolute Gasteiger partial charge is 0.225 e. The van der Waals surface area contributed by atoms with Crippen molar-refractivity contribution in [2.75, 3.05) is 36.4 Å². The molecule has 6 nitrogen and oxygen atoms in total. The van der Waals surface area contributed by atoms with Crippen LogP contribution in [0.15, 0.2) is 94.7 Å². The summed E-state index contributed by atoms with van der Waals surface area (Å²) >= 11 is 3.32. The summed E-state index contributed by atoms with van der Waals surface area (Å²) < 4.78 is 11.2. The van der Waals surface area contributed by atoms with Crippen molar-refractivity contribution in [1.82, 2.24) is 0 Å². The summed E-state index contributed by atoms with van der Waals surface area (Å²) in [6.45, 7) is 4.11. The minimum absolute atomic E-state index is 0.0697. The van der Waals surface area contributed by atoms with Crippen LogP contribution in [0.2, 0.25) is 0 Å². The molecule has 0 atom stereocenters. The fourth-order valence-corrected chi connectivity index (χ4v) is 5.87. The Kier molecular flexibility index (Phi) is 11.4. The van der Waals surface area contributed by atoms with Crippen molar-refractivity contribution in [2.45, 2.75) is 36.5 Å². The Morgan fingerprint density at radius 1 is 0.595 bits per heavy atom. The molecule has 2 N–H and O–H groups in total. The van der Waals surface area contributed by atoms with E-state index >= 15 is 0 Å². The van der Waals surface area contributed by atoms with Crippen molar-refractivity contribution < 1.29 is 19.1 Å². The van der Waals surface area contributed by atoms with E-state index in [1.807, 2.05) is 36.4 Å². The molecular formula is C34H36N2O4S2. The van der Waals surface area contributed by atoms with Crippen LogP contribution >= 0.6 is 23.5 Å². The van der Waals surface area contributed by atoms with Gasteiger partial charge in [0, 0.05) is 34.1 Å². The predicted octanol–water partition coefficient (Wildman–Crippen LogP) is 8.23. The number of nitrogens with one attached hydrogen (secondary N) is 2. The monoisotopic (exact) mass is 600 g/mol. The molecule has 0 bridgehead atoms. The largest absolute Gasteiger partial charge is 0.495 e. The fraction of sp³-hybridized carbons (Fsp3) is 0.235. The third-order valence-electron chi connectivity index (χ3n) is 6.52. The number of thioether (sulfide) groups is 2. The highest BCUT2D eigenvalue weighted by Gasteiger charge is 2.13. The standard InChI is InChI=1S/C34H36N2O4S2/c1-23-5-11-27(12-6-23)41-19-17-33(37)35-29-15-9-25(21-31(29)39-3)26-10-16-30(32(22-26)40-4)36-34(38)18-20-42-28-13-7-24(2)8-14-28/h5-16,21-22H,17-20H2,1-4H3,(H,35,37)(H,36,38). The second-order valence-electron chi connectivity index (χ2n) is 9.75. The lowest BCUT2D eigenvalue weighted by molar-refractivity contribution is -0.116. The maximum absolute atomic E-state index is 12.6. The highest BCUT2D eigenvalue weighted by atomic mass is 32.2. The number of hydrogen-bond acceptors (Lipinski definition) is 6. The van der Waals surface area contributed by atoms with E-state index < -0.39 is 0 Å². The van der Waals surface area contributed by atoms with Gasteiger partial charge in [-0.3, -0.25) is 9.59 Å². The van der Waals surface area contributed by atoms with Crippen molar-refractivity contribution >= 4 is 46.7 Å². The Hall–Kier alpha value is -3.88. The molecular weight excluding hydrogens is 565 g/mol. The van der Waals surface area contributed by atoms with Crippen molar-refractivity contribution in [1.29, 1.82) is 0 Å². The first-order valence-corrected chi connectivity index (χ1v) is 15.7. The second-order valence-corrected chi connectivity index (χ2v) is 12.1. The van der Waals surface area contributed by atoms with Gasteiger partial charge in [0.2, 0.25) is 11.8 Å². The van der Waals surface area contributed by atoms with Crippen LogP contribution in [0.5, 0.6) is 11.5 Å². The SMILES string of the molecule is COc1cc(-c2ccc(NC(=O)CCSc3ccc(C)cc3)c(OC)c2)ccc1NC(=O)CCSc1ccc(C)cc1. The lowest BCUT2D eigenvalue weighted by Crippen LogP contribution is -2.13. The zero-order valence-electron chi connectivity index (χ0n) is 24.4. The highest BCUT2D eigenvalue weighted by Crippen LogP contribution is 2.35. The molecule has 0 aliphatic rings. The maximum Gasteiger partial charge on any atom is 0.225 e. The molecule has 0 saturated carbocycles. The molecule has 218 valence electrons. The molecule has 4 aromatic carbocycles. The third-order valence-corrected chi connectivity index (χ3v) is 8.55. The quantitative estimate of drug-likeness (QED) is 0.151. The van der Waals surface area contributed by atoms with Gasteiger partial charge in [0.15, 0.2) is 0 Å². The minimum Gasteiger partial charge on any atom is -0.495 e. The Morgan fingerprint density at radius 3 is 1.33 bits per heavy atom. The van der Waals surface area contributed by atoms with Crippen LogP contribution < -0.4 is 20.1 Å². The molecule has 0 aliphatic heterocycles. The zero-order valence-corrected chi connectivity index (χ0v) is 26.0. The molecule has 2 amide bonds. The molecule has 0 heterocycles. The van der Waals surface area contributed by atoms with E-state index in [0.717, 1.165) is 20.9 Å². The molecule has 0 saturated heterocycles. The number of hydrogen-bond donors (Lipinski definition) is 2. The van der Waals surface area contributed by atoms with E-state index in [1.165, 1.54) is 11.1 Å². The van der Waals surface area contributed by atoms with E-state index in [9.17, 15) is 9.59 Å². The number of ether oxygens (including phenoxy) is 2. The van der Waals surface area contributed by atoms with Crippen molar-refractivity contribution in [3.63, 3.8) is 0 Å². The molecule has 4 aromatic rings. The Bertz CT molecular complexity index is 1390. The van der Waals surface area contributed by atoms with E-state index in [1.54, 1.807) is 37.7 Å². The van der Waals surface area contributed by atoms with Gasteiger partial charge in [-0.15, -0.1) is 23.5 Å². The molecule has 0 fully saturated rings. The van der Waals surface area contributed by atoms with Crippen molar-refractivity contribution in [3.8, 4) is 22.6 Å². The normalized spacial score (nSPS) is 10.7. The lowest BCUT2D eigenvalue weighted by Gasteiger charge is -2.14. The first-order valence-electron chi connectivity index (χ1n) is 13.7. The number of aryl methyl sites for hydroxylation is 2. The third kappa shape index (κ3) is 9.06. The minimum atomic E-state index is -0.0697. The van der Waals surface area contributed by atoms with Gasteiger partial charge in [-0.1, -0.05) is 47.5 Å². The van der Waals surface area contributed by atoms with Crippen LogP contribution in [-0.2, 0) is 9.59 Å². The lowest BCUT2D eigenvalue weighted by atomic mass is 10.0. The van der Waals surface area contributed by atoms with E-state index in [-0.39, 0.29) is 11.8 Å². The summed E-state index contributed by atoms with van der Waals surface area (Å²) in [5.74, 6) is 2.36. The molecule has 4 rings (SSSR count). The van der Waals surface area contributed by atoms with E-state index in [2.05, 4.69) is 73.0 Å². The number of rotatable bonds is 13. The first-order chi connectivity index (χ1) is 20.3. The van der Waals surface area contributed by atoms with E-state index in [0.29, 0.717) is 47.2 Å². The topological polar surface area (TPSA) is 76.7 Å². The molecule has 0 unspecified atom stereocenters. The number of benzene rings is 4. The predicted molar refractivity (Wildman–Crippen MR) is 175 cm³/mol. The molecule has 42 heavy (non-hydrogen) atoms. The van der Waals surface area contributed by atoms with Crippen LogP contribution in [0.25, 0.3) is 11.1 Å². The molecule has 0 radical (unpaired) electrons. The van der Waals surface area contributed by atoms with Gasteiger partial charge < -0.3 is 20.1 Å². The van der Waals surface area contributed by atoms with Gasteiger partial charge in [0.25, 0.3) is 0 Å². The van der Waals surface area contributed by atoms with Gasteiger partial charge in [-0.2, -0.15) is 0 Å².